The second kappa shape index (κ2) is 11.6. The minimum absolute atomic E-state index is 0.0792. The molecule has 17 heavy (non-hydrogen) atoms. The van der Waals surface area contributed by atoms with Crippen LogP contribution in [0.15, 0.2) is 0 Å². The molecule has 0 rings (SSSR count). The number of nitrogens with one attached hydrogen (secondary N) is 1. The molecule has 0 aromatic heterocycles. The van der Waals surface area contributed by atoms with Gasteiger partial charge in [0.25, 0.3) is 0 Å². The number of alkyl carbamates (subject to hydrolysis) is 1. The topological polar surface area (TPSA) is 105 Å². The van der Waals surface area contributed by atoms with E-state index in [-0.39, 0.29) is 13.2 Å². The number of hydrogen-bond donors (Lipinski definition) is 4. The molecule has 0 fully saturated rings. The second-order valence-corrected chi connectivity index (χ2v) is 4.37. The highest BCUT2D eigenvalue weighted by molar-refractivity contribution is 5.67. The summed E-state index contributed by atoms with van der Waals surface area (Å²) in [6.45, 7) is 6.75. The van der Waals surface area contributed by atoms with Crippen molar-refractivity contribution in [2.24, 2.45) is 5.73 Å². The second-order valence-electron chi connectivity index (χ2n) is 4.37. The van der Waals surface area contributed by atoms with E-state index >= 15 is 0 Å². The van der Waals surface area contributed by atoms with E-state index in [2.05, 4.69) is 5.32 Å². The van der Waals surface area contributed by atoms with Gasteiger partial charge in [0.15, 0.2) is 0 Å². The number of ether oxygens (including phenoxy) is 1. The van der Waals surface area contributed by atoms with Crippen molar-refractivity contribution in [3.8, 4) is 0 Å². The van der Waals surface area contributed by atoms with Gasteiger partial charge in [0.1, 0.15) is 5.60 Å². The molecule has 6 heteroatoms. The van der Waals surface area contributed by atoms with Gasteiger partial charge in [0, 0.05) is 19.8 Å². The van der Waals surface area contributed by atoms with Gasteiger partial charge in [-0.1, -0.05) is 0 Å². The van der Waals surface area contributed by atoms with Gasteiger partial charge < -0.3 is 26.0 Å². The number of amides is 1. The van der Waals surface area contributed by atoms with E-state index in [4.69, 9.17) is 20.7 Å². The van der Waals surface area contributed by atoms with Gasteiger partial charge in [-0.15, -0.1) is 0 Å². The molecule has 0 spiro atoms. The average Bonchev–Trinajstić information content (AvgIpc) is 2.17. The van der Waals surface area contributed by atoms with Crippen LogP contribution in [0.5, 0.6) is 0 Å². The molecule has 0 heterocycles. The Kier molecular flexibility index (Phi) is 12.7. The fourth-order valence-electron chi connectivity index (χ4n) is 0.675. The van der Waals surface area contributed by atoms with Gasteiger partial charge in [0.05, 0.1) is 0 Å². The van der Waals surface area contributed by atoms with Crippen LogP contribution in [0.1, 0.15) is 33.6 Å². The molecule has 0 unspecified atom stereocenters. The van der Waals surface area contributed by atoms with Crippen molar-refractivity contribution < 1.29 is 19.7 Å². The van der Waals surface area contributed by atoms with E-state index in [1.807, 2.05) is 0 Å². The van der Waals surface area contributed by atoms with Crippen molar-refractivity contribution in [2.45, 2.75) is 39.2 Å². The molecule has 0 aliphatic heterocycles. The van der Waals surface area contributed by atoms with E-state index in [1.165, 1.54) is 0 Å². The Morgan fingerprint density at radius 3 is 2.06 bits per heavy atom. The van der Waals surface area contributed by atoms with Crippen molar-refractivity contribution in [1.82, 2.24) is 5.32 Å². The molecule has 0 aromatic rings. The lowest BCUT2D eigenvalue weighted by Crippen LogP contribution is -2.33. The molecular formula is C11H26N2O4. The fraction of sp³-hybridized carbons (Fsp3) is 0.909. The lowest BCUT2D eigenvalue weighted by Gasteiger charge is -2.19. The highest BCUT2D eigenvalue weighted by atomic mass is 16.6. The molecule has 0 atom stereocenters. The molecule has 5 N–H and O–H groups in total. The molecule has 6 nitrogen and oxygen atoms in total. The summed E-state index contributed by atoms with van der Waals surface area (Å²) in [5.41, 5.74) is 4.52. The van der Waals surface area contributed by atoms with Crippen molar-refractivity contribution in [2.75, 3.05) is 26.3 Å². The number of aliphatic hydroxyl groups is 2. The van der Waals surface area contributed by atoms with E-state index in [0.29, 0.717) is 19.5 Å². The van der Waals surface area contributed by atoms with Gasteiger partial charge in [-0.2, -0.15) is 0 Å². The van der Waals surface area contributed by atoms with Gasteiger partial charge in [-0.05, 0) is 40.2 Å². The third-order valence-electron chi connectivity index (χ3n) is 1.37. The lowest BCUT2D eigenvalue weighted by atomic mass is 10.2. The first kappa shape index (κ1) is 18.5. The van der Waals surface area contributed by atoms with Crippen molar-refractivity contribution in [3.63, 3.8) is 0 Å². The maximum absolute atomic E-state index is 10.9. The Morgan fingerprint density at radius 2 is 1.76 bits per heavy atom. The highest BCUT2D eigenvalue weighted by Gasteiger charge is 2.15. The standard InChI is InChI=1S/C8H17NO3.C3H9NO/c1-8(2,3)12-7(11)9-5-4-6-10;4-2-1-3-5/h10H,4-6H2,1-3H3,(H,9,11);5H,1-4H2. The van der Waals surface area contributed by atoms with Crippen LogP contribution >= 0.6 is 0 Å². The van der Waals surface area contributed by atoms with E-state index in [9.17, 15) is 4.79 Å². The summed E-state index contributed by atoms with van der Waals surface area (Å²) in [7, 11) is 0. The molecule has 0 aliphatic carbocycles. The summed E-state index contributed by atoms with van der Waals surface area (Å²) in [4.78, 5) is 10.9. The van der Waals surface area contributed by atoms with Gasteiger partial charge in [0.2, 0.25) is 0 Å². The Labute approximate surface area is 103 Å². The van der Waals surface area contributed by atoms with Crippen LogP contribution in [0, 0.1) is 0 Å². The molecule has 0 aromatic carbocycles. The summed E-state index contributed by atoms with van der Waals surface area (Å²) in [6, 6.07) is 0. The zero-order valence-corrected chi connectivity index (χ0v) is 11.0. The number of nitrogens with two attached hydrogens (primary N) is 1. The van der Waals surface area contributed by atoms with Crippen LogP contribution in [-0.2, 0) is 4.74 Å². The van der Waals surface area contributed by atoms with Crippen LogP contribution < -0.4 is 11.1 Å². The molecule has 104 valence electrons. The largest absolute Gasteiger partial charge is 0.444 e. The molecule has 0 bridgehead atoms. The smallest absolute Gasteiger partial charge is 0.407 e. The van der Waals surface area contributed by atoms with E-state index in [1.54, 1.807) is 20.8 Å². The lowest BCUT2D eigenvalue weighted by molar-refractivity contribution is 0.0525. The fourth-order valence-corrected chi connectivity index (χ4v) is 0.675. The highest BCUT2D eigenvalue weighted by Crippen LogP contribution is 2.05. The van der Waals surface area contributed by atoms with Crippen LogP contribution in [0.2, 0.25) is 0 Å². The third-order valence-corrected chi connectivity index (χ3v) is 1.37. The van der Waals surface area contributed by atoms with Crippen LogP contribution in [0.25, 0.3) is 0 Å². The first-order valence-electron chi connectivity index (χ1n) is 5.76. The van der Waals surface area contributed by atoms with Crippen molar-refractivity contribution >= 4 is 6.09 Å². The predicted octanol–water partition coefficient (Wildman–Crippen LogP) is 0.221. The Morgan fingerprint density at radius 1 is 1.24 bits per heavy atom. The minimum Gasteiger partial charge on any atom is -0.444 e. The minimum atomic E-state index is -0.455. The average molecular weight is 250 g/mol. The maximum atomic E-state index is 10.9. The number of aliphatic hydroxyl groups excluding tert-OH is 2. The van der Waals surface area contributed by atoms with Crippen molar-refractivity contribution in [1.29, 1.82) is 0 Å². The number of hydrogen-bond acceptors (Lipinski definition) is 5. The normalized spacial score (nSPS) is 10.2. The zero-order chi connectivity index (χ0) is 13.7. The summed E-state index contributed by atoms with van der Waals surface area (Å²) >= 11 is 0. The molecule has 0 aliphatic rings. The van der Waals surface area contributed by atoms with Crippen LogP contribution in [-0.4, -0.2) is 48.2 Å². The maximum Gasteiger partial charge on any atom is 0.407 e. The monoisotopic (exact) mass is 250 g/mol. The Bertz CT molecular complexity index is 179. The molecule has 0 saturated carbocycles. The quantitative estimate of drug-likeness (QED) is 0.522. The van der Waals surface area contributed by atoms with Crippen molar-refractivity contribution in [3.05, 3.63) is 0 Å². The Hall–Kier alpha value is -0.850. The molecule has 0 radical (unpaired) electrons. The van der Waals surface area contributed by atoms with E-state index < -0.39 is 11.7 Å². The zero-order valence-electron chi connectivity index (χ0n) is 11.0. The van der Waals surface area contributed by atoms with Gasteiger partial charge >= 0.3 is 6.09 Å². The first-order chi connectivity index (χ1) is 7.87. The molecule has 0 saturated heterocycles. The number of carbonyl (C=O) groups excluding carboxylic acids is 1. The summed E-state index contributed by atoms with van der Waals surface area (Å²) in [6.07, 6.45) is 0.843. The number of carbonyl (C=O) groups is 1. The summed E-state index contributed by atoms with van der Waals surface area (Å²) in [5, 5.41) is 18.9. The first-order valence-corrected chi connectivity index (χ1v) is 5.76. The molecular weight excluding hydrogens is 224 g/mol. The van der Waals surface area contributed by atoms with Gasteiger partial charge in [-0.25, -0.2) is 4.79 Å². The Balaban J connectivity index is 0. The summed E-state index contributed by atoms with van der Waals surface area (Å²) < 4.78 is 4.95. The third kappa shape index (κ3) is 21.1. The number of rotatable bonds is 5. The SMILES string of the molecule is CC(C)(C)OC(=O)NCCCO.NCCCO. The van der Waals surface area contributed by atoms with Crippen LogP contribution in [0.3, 0.4) is 0 Å². The van der Waals surface area contributed by atoms with E-state index in [0.717, 1.165) is 6.42 Å². The van der Waals surface area contributed by atoms with Gasteiger partial charge in [-0.3, -0.25) is 0 Å². The summed E-state index contributed by atoms with van der Waals surface area (Å²) in [5.74, 6) is 0. The predicted molar refractivity (Wildman–Crippen MR) is 66.7 cm³/mol. The van der Waals surface area contributed by atoms with Crippen LogP contribution in [0.4, 0.5) is 4.79 Å². The molecule has 1 amide bonds.